The molecule has 0 saturated heterocycles. The average molecular weight is 404 g/mol. The van der Waals surface area contributed by atoms with E-state index < -0.39 is 0 Å². The summed E-state index contributed by atoms with van der Waals surface area (Å²) in [5, 5.41) is 3.47. The molecule has 0 bridgehead atoms. The van der Waals surface area contributed by atoms with Crippen molar-refractivity contribution >= 4 is 34.3 Å². The van der Waals surface area contributed by atoms with E-state index in [-0.39, 0.29) is 24.8 Å². The first-order valence-corrected chi connectivity index (χ1v) is 9.56. The summed E-state index contributed by atoms with van der Waals surface area (Å²) in [7, 11) is 0. The third kappa shape index (κ3) is 4.20. The third-order valence-corrected chi connectivity index (χ3v) is 4.90. The Labute approximate surface area is 173 Å². The van der Waals surface area contributed by atoms with Gasteiger partial charge in [0.25, 0.3) is 5.91 Å². The number of hydrogen-bond donors (Lipinski definition) is 1. The normalized spacial score (nSPS) is 10.8. The number of rotatable bonds is 6. The van der Waals surface area contributed by atoms with Gasteiger partial charge in [-0.25, -0.2) is 4.98 Å². The van der Waals surface area contributed by atoms with Gasteiger partial charge in [-0.15, -0.1) is 0 Å². The smallest absolute Gasteiger partial charge is 0.251 e. The molecule has 0 spiro atoms. The lowest BCUT2D eigenvalue weighted by atomic mass is 10.1. The van der Waals surface area contributed by atoms with Crippen LogP contribution in [0.15, 0.2) is 78.9 Å². The van der Waals surface area contributed by atoms with Crippen molar-refractivity contribution in [1.82, 2.24) is 14.9 Å². The van der Waals surface area contributed by atoms with Gasteiger partial charge in [-0.05, 0) is 48.5 Å². The number of Topliss-reactive ketones (excluding diaryl/α,β-unsaturated/α-hetero) is 1. The second-order valence-corrected chi connectivity index (χ2v) is 7.02. The summed E-state index contributed by atoms with van der Waals surface area (Å²) >= 11 is 5.92. The number of ketones is 1. The van der Waals surface area contributed by atoms with Gasteiger partial charge < -0.3 is 9.88 Å². The molecule has 4 rings (SSSR count). The molecule has 0 saturated carbocycles. The molecule has 5 nitrogen and oxygen atoms in total. The Morgan fingerprint density at radius 3 is 2.31 bits per heavy atom. The van der Waals surface area contributed by atoms with Gasteiger partial charge in [-0.2, -0.15) is 0 Å². The maximum Gasteiger partial charge on any atom is 0.251 e. The molecular formula is C23H18ClN3O2. The molecule has 144 valence electrons. The number of para-hydroxylation sites is 2. The maximum absolute atomic E-state index is 12.8. The predicted octanol–water partition coefficient (Wildman–Crippen LogP) is 4.50. The Balaban J connectivity index is 1.59. The average Bonchev–Trinajstić information content (AvgIpc) is 3.10. The quantitative estimate of drug-likeness (QED) is 0.482. The van der Waals surface area contributed by atoms with Gasteiger partial charge in [0.15, 0.2) is 5.78 Å². The SMILES string of the molecule is O=C(Cn1c(CNC(=O)c2ccccc2)nc2ccccc21)c1ccc(Cl)cc1. The number of benzene rings is 3. The van der Waals surface area contributed by atoms with Crippen LogP contribution in [0.4, 0.5) is 0 Å². The van der Waals surface area contributed by atoms with Crippen LogP contribution in [0.3, 0.4) is 0 Å². The molecule has 4 aromatic rings. The molecule has 0 aliphatic carbocycles. The molecule has 1 heterocycles. The lowest BCUT2D eigenvalue weighted by Gasteiger charge is -2.10. The van der Waals surface area contributed by atoms with Crippen LogP contribution >= 0.6 is 11.6 Å². The highest BCUT2D eigenvalue weighted by atomic mass is 35.5. The second kappa shape index (κ2) is 8.29. The Kier molecular flexibility index (Phi) is 5.40. The van der Waals surface area contributed by atoms with Crippen LogP contribution in [0, 0.1) is 0 Å². The number of carbonyl (C=O) groups excluding carboxylic acids is 2. The summed E-state index contributed by atoms with van der Waals surface area (Å²) in [6.45, 7) is 0.342. The fourth-order valence-corrected chi connectivity index (χ4v) is 3.28. The molecule has 0 aliphatic heterocycles. The third-order valence-electron chi connectivity index (χ3n) is 4.64. The van der Waals surface area contributed by atoms with Gasteiger partial charge in [0, 0.05) is 16.1 Å². The Hall–Kier alpha value is -3.44. The van der Waals surface area contributed by atoms with Crippen LogP contribution in [0.2, 0.25) is 5.02 Å². The van der Waals surface area contributed by atoms with Crippen LogP contribution in [-0.4, -0.2) is 21.2 Å². The van der Waals surface area contributed by atoms with E-state index in [1.54, 1.807) is 36.4 Å². The van der Waals surface area contributed by atoms with Crippen molar-refractivity contribution in [2.45, 2.75) is 13.1 Å². The second-order valence-electron chi connectivity index (χ2n) is 6.58. The topological polar surface area (TPSA) is 64.0 Å². The first-order chi connectivity index (χ1) is 14.1. The number of nitrogens with zero attached hydrogens (tertiary/aromatic N) is 2. The summed E-state index contributed by atoms with van der Waals surface area (Å²) in [5.74, 6) is 0.381. The van der Waals surface area contributed by atoms with Crippen molar-refractivity contribution in [2.75, 3.05) is 0 Å². The first kappa shape index (κ1) is 18.9. The molecule has 0 radical (unpaired) electrons. The zero-order chi connectivity index (χ0) is 20.2. The van der Waals surface area contributed by atoms with Gasteiger partial charge in [0.05, 0.1) is 24.1 Å². The Morgan fingerprint density at radius 2 is 1.55 bits per heavy atom. The van der Waals surface area contributed by atoms with E-state index in [1.165, 1.54) is 0 Å². The monoisotopic (exact) mass is 403 g/mol. The van der Waals surface area contributed by atoms with Crippen molar-refractivity contribution in [3.63, 3.8) is 0 Å². The van der Waals surface area contributed by atoms with Crippen LogP contribution < -0.4 is 5.32 Å². The van der Waals surface area contributed by atoms with Crippen LogP contribution in [0.5, 0.6) is 0 Å². The zero-order valence-electron chi connectivity index (χ0n) is 15.5. The minimum atomic E-state index is -0.187. The summed E-state index contributed by atoms with van der Waals surface area (Å²) in [4.78, 5) is 29.8. The van der Waals surface area contributed by atoms with Crippen molar-refractivity contribution in [2.24, 2.45) is 0 Å². The minimum Gasteiger partial charge on any atom is -0.345 e. The standard InChI is InChI=1S/C23H18ClN3O2/c24-18-12-10-16(11-13-18)21(28)15-27-20-9-5-4-8-19(20)26-22(27)14-25-23(29)17-6-2-1-3-7-17/h1-13H,14-15H2,(H,25,29). The van der Waals surface area contributed by atoms with Crippen LogP contribution in [-0.2, 0) is 13.1 Å². The lowest BCUT2D eigenvalue weighted by Crippen LogP contribution is -2.25. The van der Waals surface area contributed by atoms with E-state index in [0.29, 0.717) is 22.0 Å². The molecule has 6 heteroatoms. The fourth-order valence-electron chi connectivity index (χ4n) is 3.16. The molecule has 1 amide bonds. The number of imidazole rings is 1. The minimum absolute atomic E-state index is 0.0551. The Morgan fingerprint density at radius 1 is 0.862 bits per heavy atom. The van der Waals surface area contributed by atoms with Crippen LogP contribution in [0.25, 0.3) is 11.0 Å². The van der Waals surface area contributed by atoms with Crippen molar-refractivity contribution in [3.8, 4) is 0 Å². The molecule has 3 aromatic carbocycles. The molecule has 0 aliphatic rings. The highest BCUT2D eigenvalue weighted by Gasteiger charge is 2.16. The summed E-state index contributed by atoms with van der Waals surface area (Å²) < 4.78 is 1.84. The molecular weight excluding hydrogens is 386 g/mol. The van der Waals surface area contributed by atoms with E-state index in [9.17, 15) is 9.59 Å². The number of halogens is 1. The number of aromatic nitrogens is 2. The lowest BCUT2D eigenvalue weighted by molar-refractivity contribution is 0.0949. The molecule has 0 fully saturated rings. The van der Waals surface area contributed by atoms with Gasteiger partial charge in [0.2, 0.25) is 0 Å². The predicted molar refractivity (Wildman–Crippen MR) is 113 cm³/mol. The largest absolute Gasteiger partial charge is 0.345 e. The summed E-state index contributed by atoms with van der Waals surface area (Å²) in [6.07, 6.45) is 0. The van der Waals surface area contributed by atoms with Gasteiger partial charge in [-0.1, -0.05) is 41.9 Å². The maximum atomic E-state index is 12.8. The van der Waals surface area contributed by atoms with E-state index >= 15 is 0 Å². The number of carbonyl (C=O) groups is 2. The molecule has 0 unspecified atom stereocenters. The number of amides is 1. The van der Waals surface area contributed by atoms with E-state index in [0.717, 1.165) is 11.0 Å². The molecule has 29 heavy (non-hydrogen) atoms. The molecule has 0 atom stereocenters. The van der Waals surface area contributed by atoms with Crippen LogP contribution in [0.1, 0.15) is 26.5 Å². The highest BCUT2D eigenvalue weighted by molar-refractivity contribution is 6.30. The summed E-state index contributed by atoms with van der Waals surface area (Å²) in [5.41, 5.74) is 2.78. The van der Waals surface area contributed by atoms with E-state index in [1.807, 2.05) is 47.0 Å². The number of hydrogen-bond acceptors (Lipinski definition) is 3. The van der Waals surface area contributed by atoms with Gasteiger partial charge in [0.1, 0.15) is 5.82 Å². The highest BCUT2D eigenvalue weighted by Crippen LogP contribution is 2.18. The van der Waals surface area contributed by atoms with E-state index in [4.69, 9.17) is 11.6 Å². The first-order valence-electron chi connectivity index (χ1n) is 9.18. The molecule has 1 N–H and O–H groups in total. The van der Waals surface area contributed by atoms with Gasteiger partial charge in [-0.3, -0.25) is 9.59 Å². The molecule has 1 aromatic heterocycles. The van der Waals surface area contributed by atoms with Gasteiger partial charge >= 0.3 is 0 Å². The fraction of sp³-hybridized carbons (Fsp3) is 0.0870. The number of nitrogens with one attached hydrogen (secondary N) is 1. The Bertz CT molecular complexity index is 1170. The number of fused-ring (bicyclic) bond motifs is 1. The van der Waals surface area contributed by atoms with Crippen molar-refractivity contribution < 1.29 is 9.59 Å². The summed E-state index contributed by atoms with van der Waals surface area (Å²) in [6, 6.07) is 23.4. The van der Waals surface area contributed by atoms with Crippen molar-refractivity contribution in [1.29, 1.82) is 0 Å². The van der Waals surface area contributed by atoms with E-state index in [2.05, 4.69) is 10.3 Å². The zero-order valence-corrected chi connectivity index (χ0v) is 16.3. The van der Waals surface area contributed by atoms with Crippen molar-refractivity contribution in [3.05, 3.63) is 101 Å².